The zero-order valence-corrected chi connectivity index (χ0v) is 20.0. The number of pyridine rings is 1. The van der Waals surface area contributed by atoms with Crippen LogP contribution in [0.2, 0.25) is 0 Å². The van der Waals surface area contributed by atoms with Gasteiger partial charge >= 0.3 is 11.8 Å². The molecule has 0 aromatic carbocycles. The van der Waals surface area contributed by atoms with Crippen molar-refractivity contribution in [3.63, 3.8) is 0 Å². The highest BCUT2D eigenvalue weighted by molar-refractivity contribution is 7.37. The number of carbonyl (C=O) groups excluding carboxylic acids is 1. The summed E-state index contributed by atoms with van der Waals surface area (Å²) >= 11 is 0. The molecule has 2 unspecified atom stereocenters. The van der Waals surface area contributed by atoms with E-state index in [0.29, 0.717) is 18.7 Å². The average molecular weight is 491 g/mol. The molecule has 1 aliphatic rings. The summed E-state index contributed by atoms with van der Waals surface area (Å²) in [7, 11) is 5.52. The highest BCUT2D eigenvalue weighted by atomic mass is 31.1. The molecule has 1 amide bonds. The van der Waals surface area contributed by atoms with E-state index < -0.39 is 11.9 Å². The van der Waals surface area contributed by atoms with Crippen LogP contribution in [0.5, 0.6) is 0 Å². The zero-order valence-electron chi connectivity index (χ0n) is 17.7. The van der Waals surface area contributed by atoms with Crippen LogP contribution >= 0.6 is 18.5 Å². The Kier molecular flexibility index (Phi) is 5.16. The van der Waals surface area contributed by atoms with Crippen molar-refractivity contribution in [2.45, 2.75) is 17.9 Å². The van der Waals surface area contributed by atoms with Gasteiger partial charge < -0.3 is 14.3 Å². The Morgan fingerprint density at radius 1 is 1.15 bits per heavy atom. The maximum Gasteiger partial charge on any atom is 0.312 e. The number of hydrogen-bond acceptors (Lipinski definition) is 8. The molecule has 0 saturated carbocycles. The van der Waals surface area contributed by atoms with Crippen molar-refractivity contribution in [2.24, 2.45) is 0 Å². The molecule has 5 aromatic rings. The normalized spacial score (nSPS) is 15.7. The molecule has 0 fully saturated rings. The molecule has 170 valence electrons. The third-order valence-electron chi connectivity index (χ3n) is 5.71. The van der Waals surface area contributed by atoms with E-state index in [4.69, 9.17) is 9.52 Å². The quantitative estimate of drug-likeness (QED) is 0.380. The van der Waals surface area contributed by atoms with Gasteiger partial charge in [0.25, 0.3) is 5.89 Å². The van der Waals surface area contributed by atoms with Crippen molar-refractivity contribution in [3.05, 3.63) is 77.7 Å². The molecule has 0 radical (unpaired) electrons. The van der Waals surface area contributed by atoms with Gasteiger partial charge in [-0.2, -0.15) is 5.10 Å². The summed E-state index contributed by atoms with van der Waals surface area (Å²) in [6, 6.07) is 9.15. The Morgan fingerprint density at radius 2 is 2.00 bits per heavy atom. The summed E-state index contributed by atoms with van der Waals surface area (Å²) in [5, 5.41) is 12.9. The van der Waals surface area contributed by atoms with Gasteiger partial charge in [-0.05, 0) is 24.3 Å². The minimum atomic E-state index is -0.508. The van der Waals surface area contributed by atoms with Crippen LogP contribution in [0.4, 0.5) is 0 Å². The van der Waals surface area contributed by atoms with E-state index in [1.54, 1.807) is 29.7 Å². The van der Waals surface area contributed by atoms with E-state index in [1.165, 1.54) is 0 Å². The van der Waals surface area contributed by atoms with Gasteiger partial charge in [-0.15, -0.1) is 28.7 Å². The van der Waals surface area contributed by atoms with Crippen LogP contribution in [-0.2, 0) is 6.42 Å². The van der Waals surface area contributed by atoms with Crippen molar-refractivity contribution >= 4 is 29.9 Å². The van der Waals surface area contributed by atoms with Gasteiger partial charge in [0.1, 0.15) is 6.04 Å². The van der Waals surface area contributed by atoms with Gasteiger partial charge in [-0.25, -0.2) is 19.5 Å². The Morgan fingerprint density at radius 3 is 2.82 bits per heavy atom. The number of carbonyl (C=O) groups is 1. The molecule has 11 nitrogen and oxygen atoms in total. The molecule has 0 aliphatic carbocycles. The topological polar surface area (TPSA) is 131 Å². The van der Waals surface area contributed by atoms with Gasteiger partial charge in [0, 0.05) is 36.5 Å². The molecular formula is C21H19N9O2P2. The van der Waals surface area contributed by atoms with Crippen LogP contribution < -0.4 is 0 Å². The third kappa shape index (κ3) is 3.48. The second-order valence-corrected chi connectivity index (χ2v) is 9.99. The fourth-order valence-electron chi connectivity index (χ4n) is 4.17. The smallest absolute Gasteiger partial charge is 0.312 e. The Balaban J connectivity index is 1.42. The predicted octanol–water partition coefficient (Wildman–Crippen LogP) is 2.43. The van der Waals surface area contributed by atoms with E-state index in [-0.39, 0.29) is 23.0 Å². The van der Waals surface area contributed by atoms with Crippen molar-refractivity contribution in [1.82, 2.24) is 44.6 Å². The SMILES string of the molecule is O=C(c1nnc(-c2ncccn2)o1)N1CCc2[nH]cnc2[C@H]1c1cc2cccc(C(P)P)n2n1. The number of imidazole rings is 1. The average Bonchev–Trinajstić information content (AvgIpc) is 3.62. The van der Waals surface area contributed by atoms with Gasteiger partial charge in [0.15, 0.2) is 0 Å². The summed E-state index contributed by atoms with van der Waals surface area (Å²) < 4.78 is 7.54. The van der Waals surface area contributed by atoms with Crippen molar-refractivity contribution in [2.75, 3.05) is 6.54 Å². The number of nitrogens with one attached hydrogen (secondary N) is 1. The monoisotopic (exact) mass is 491 g/mol. The van der Waals surface area contributed by atoms with Gasteiger partial charge in [0.05, 0.1) is 28.9 Å². The number of fused-ring (bicyclic) bond motifs is 2. The standard InChI is InChI=1S/C21H19N9O2P2/c31-20(19-27-26-18(32-19)17-22-6-2-7-23-17)29-8-5-12-15(25-10-24-12)16(29)13-9-11-3-1-4-14(21(33)34)30(11)28-13/h1-4,6-7,9-10,16,21H,5,8,33-34H2,(H,24,25)/t16-/m1/s1. The maximum atomic E-state index is 13.6. The van der Waals surface area contributed by atoms with Crippen LogP contribution in [0.3, 0.4) is 0 Å². The molecule has 1 aliphatic heterocycles. The van der Waals surface area contributed by atoms with Crippen LogP contribution in [0.25, 0.3) is 17.2 Å². The molecule has 13 heteroatoms. The fourth-order valence-corrected chi connectivity index (χ4v) is 4.67. The Labute approximate surface area is 197 Å². The molecule has 6 rings (SSSR count). The minimum absolute atomic E-state index is 0.0854. The first kappa shape index (κ1) is 21.0. The molecular weight excluding hydrogens is 472 g/mol. The van der Waals surface area contributed by atoms with Crippen LogP contribution in [0, 0.1) is 0 Å². The first-order valence-corrected chi connectivity index (χ1v) is 11.9. The highest BCUT2D eigenvalue weighted by Crippen LogP contribution is 2.36. The summed E-state index contributed by atoms with van der Waals surface area (Å²) in [5.74, 6) is -0.190. The van der Waals surface area contributed by atoms with Gasteiger partial charge in [0.2, 0.25) is 5.82 Å². The van der Waals surface area contributed by atoms with E-state index in [1.807, 2.05) is 28.8 Å². The first-order chi connectivity index (χ1) is 16.6. The summed E-state index contributed by atoms with van der Waals surface area (Å²) in [6.07, 6.45) is 5.41. The lowest BCUT2D eigenvalue weighted by Crippen LogP contribution is -2.41. The lowest BCUT2D eigenvalue weighted by atomic mass is 9.99. The minimum Gasteiger partial charge on any atom is -0.409 e. The molecule has 5 aromatic heterocycles. The van der Waals surface area contributed by atoms with E-state index in [9.17, 15) is 4.79 Å². The molecule has 0 spiro atoms. The van der Waals surface area contributed by atoms with E-state index in [2.05, 4.69) is 48.6 Å². The van der Waals surface area contributed by atoms with Crippen molar-refractivity contribution in [3.8, 4) is 11.7 Å². The summed E-state index contributed by atoms with van der Waals surface area (Å²) in [6.45, 7) is 0.439. The van der Waals surface area contributed by atoms with Crippen LogP contribution in [0.1, 0.15) is 44.9 Å². The zero-order chi connectivity index (χ0) is 23.2. The van der Waals surface area contributed by atoms with Crippen molar-refractivity contribution < 1.29 is 9.21 Å². The number of hydrogen-bond donors (Lipinski definition) is 1. The maximum absolute atomic E-state index is 13.6. The predicted molar refractivity (Wildman–Crippen MR) is 128 cm³/mol. The second kappa shape index (κ2) is 8.34. The summed E-state index contributed by atoms with van der Waals surface area (Å²) in [4.78, 5) is 31.2. The third-order valence-corrected chi connectivity index (χ3v) is 6.39. The number of aromatic amines is 1. The molecule has 0 bridgehead atoms. The summed E-state index contributed by atoms with van der Waals surface area (Å²) in [5.41, 5.74) is 4.38. The molecule has 6 heterocycles. The highest BCUT2D eigenvalue weighted by Gasteiger charge is 2.38. The Hall–Kier alpha value is -3.55. The van der Waals surface area contributed by atoms with Crippen molar-refractivity contribution in [1.29, 1.82) is 0 Å². The van der Waals surface area contributed by atoms with Gasteiger partial charge in [-0.1, -0.05) is 6.07 Å². The molecule has 34 heavy (non-hydrogen) atoms. The molecule has 0 saturated heterocycles. The van der Waals surface area contributed by atoms with Gasteiger partial charge in [-0.3, -0.25) is 4.79 Å². The van der Waals surface area contributed by atoms with Crippen LogP contribution in [0.15, 0.2) is 53.5 Å². The number of H-pyrrole nitrogens is 1. The molecule has 3 atom stereocenters. The van der Waals surface area contributed by atoms with Crippen LogP contribution in [-0.4, -0.2) is 57.1 Å². The fraction of sp³-hybridized carbons (Fsp3) is 0.190. The Bertz CT molecular complexity index is 1490. The van der Waals surface area contributed by atoms with E-state index in [0.717, 1.165) is 22.6 Å². The lowest BCUT2D eigenvalue weighted by Gasteiger charge is -2.32. The number of nitrogens with zero attached hydrogens (tertiary/aromatic N) is 8. The molecule has 1 N–H and O–H groups in total. The first-order valence-electron chi connectivity index (χ1n) is 10.5. The largest absolute Gasteiger partial charge is 0.409 e. The number of aromatic nitrogens is 8. The second-order valence-electron chi connectivity index (χ2n) is 7.78. The van der Waals surface area contributed by atoms with E-state index >= 15 is 0 Å². The number of amides is 1. The number of rotatable bonds is 4. The lowest BCUT2D eigenvalue weighted by molar-refractivity contribution is 0.0646.